The van der Waals surface area contributed by atoms with Gasteiger partial charge in [-0.3, -0.25) is 4.98 Å². The highest BCUT2D eigenvalue weighted by atomic mass is 16.5. The molecule has 1 unspecified atom stereocenters. The normalized spacial score (nSPS) is 15.9. The predicted molar refractivity (Wildman–Crippen MR) is 42.6 cm³/mol. The third-order valence-corrected chi connectivity index (χ3v) is 1.49. The minimum absolute atomic E-state index is 0.299. The van der Waals surface area contributed by atoms with E-state index in [1.807, 2.05) is 0 Å². The number of hydrogen-bond acceptors (Lipinski definition) is 4. The molecule has 0 aliphatic heterocycles. The first-order valence-corrected chi connectivity index (χ1v) is 3.49. The van der Waals surface area contributed by atoms with Gasteiger partial charge in [-0.1, -0.05) is 0 Å². The van der Waals surface area contributed by atoms with Crippen LogP contribution >= 0.6 is 0 Å². The molecule has 4 N–H and O–H groups in total. The Morgan fingerprint density at radius 3 is 2.83 bits per heavy atom. The first kappa shape index (κ1) is 8.95. The van der Waals surface area contributed by atoms with Crippen LogP contribution in [0.1, 0.15) is 12.7 Å². The maximum Gasteiger partial charge on any atom is 0.340 e. The fourth-order valence-corrected chi connectivity index (χ4v) is 0.909. The Balaban J connectivity index is 2.88. The van der Waals surface area contributed by atoms with E-state index in [9.17, 15) is 4.79 Å². The maximum atomic E-state index is 10.7. The number of hydrogen-bond donors (Lipinski definition) is 3. The Morgan fingerprint density at radius 1 is 1.75 bits per heavy atom. The molecule has 6 heteroatoms. The van der Waals surface area contributed by atoms with Gasteiger partial charge in [0.2, 0.25) is 0 Å². The molecule has 1 aromatic rings. The second-order valence-corrected chi connectivity index (χ2v) is 2.88. The second kappa shape index (κ2) is 3.08. The summed E-state index contributed by atoms with van der Waals surface area (Å²) in [4.78, 5) is 13.1. The van der Waals surface area contributed by atoms with Crippen molar-refractivity contribution >= 4 is 0 Å². The van der Waals surface area contributed by atoms with Gasteiger partial charge in [0, 0.05) is 7.11 Å². The van der Waals surface area contributed by atoms with Crippen molar-refractivity contribution in [2.45, 2.75) is 12.5 Å². The van der Waals surface area contributed by atoms with Crippen LogP contribution in [0, 0.1) is 0 Å². The molecule has 0 amide bonds. The van der Waals surface area contributed by atoms with Crippen LogP contribution in [-0.2, 0) is 10.3 Å². The summed E-state index contributed by atoms with van der Waals surface area (Å²) in [6.45, 7) is 2.02. The van der Waals surface area contributed by atoms with Crippen LogP contribution in [0.2, 0.25) is 0 Å². The number of aromatic nitrogens is 3. The summed E-state index contributed by atoms with van der Waals surface area (Å²) in [5.41, 5.74) is 4.67. The van der Waals surface area contributed by atoms with E-state index in [1.54, 1.807) is 6.92 Å². The minimum Gasteiger partial charge on any atom is -0.382 e. The van der Waals surface area contributed by atoms with E-state index in [0.29, 0.717) is 12.4 Å². The lowest BCUT2D eigenvalue weighted by Gasteiger charge is -2.19. The van der Waals surface area contributed by atoms with Crippen LogP contribution in [-0.4, -0.2) is 28.9 Å². The molecule has 1 rings (SSSR count). The number of ether oxygens (including phenoxy) is 1. The maximum absolute atomic E-state index is 10.7. The standard InChI is InChI=1S/C6H12N4O2/c1-6(7,3-12-2)4-8-5(11)10-9-4/h3,7H2,1-2H3,(H2,8,9,10,11). The number of aromatic amines is 2. The molecule has 1 heterocycles. The van der Waals surface area contributed by atoms with Crippen molar-refractivity contribution in [3.05, 3.63) is 16.3 Å². The minimum atomic E-state index is -0.756. The van der Waals surface area contributed by atoms with Crippen molar-refractivity contribution in [1.29, 1.82) is 0 Å². The fourth-order valence-electron chi connectivity index (χ4n) is 0.909. The number of methoxy groups -OCH3 is 1. The van der Waals surface area contributed by atoms with Gasteiger partial charge in [-0.15, -0.1) is 0 Å². The van der Waals surface area contributed by atoms with Crippen LogP contribution in [0.25, 0.3) is 0 Å². The molecule has 0 bridgehead atoms. The Bertz CT molecular complexity index is 300. The lowest BCUT2D eigenvalue weighted by Crippen LogP contribution is -2.39. The average molecular weight is 172 g/mol. The van der Waals surface area contributed by atoms with Crippen LogP contribution in [0.15, 0.2) is 4.79 Å². The van der Waals surface area contributed by atoms with Gasteiger partial charge >= 0.3 is 5.69 Å². The van der Waals surface area contributed by atoms with Gasteiger partial charge in [0.25, 0.3) is 0 Å². The number of nitrogens with one attached hydrogen (secondary N) is 2. The van der Waals surface area contributed by atoms with Crippen LogP contribution in [0.3, 0.4) is 0 Å². The smallest absolute Gasteiger partial charge is 0.340 e. The zero-order chi connectivity index (χ0) is 9.19. The summed E-state index contributed by atoms with van der Waals surface area (Å²) in [6.07, 6.45) is 0. The van der Waals surface area contributed by atoms with Crippen LogP contribution in [0.4, 0.5) is 0 Å². The zero-order valence-corrected chi connectivity index (χ0v) is 7.05. The van der Waals surface area contributed by atoms with Crippen molar-refractivity contribution in [3.8, 4) is 0 Å². The first-order chi connectivity index (χ1) is 5.56. The summed E-state index contributed by atoms with van der Waals surface area (Å²) in [6, 6.07) is 0. The molecule has 0 aliphatic carbocycles. The summed E-state index contributed by atoms with van der Waals surface area (Å²) in [7, 11) is 1.54. The summed E-state index contributed by atoms with van der Waals surface area (Å²) in [5, 5.41) is 5.94. The van der Waals surface area contributed by atoms with Crippen molar-refractivity contribution in [3.63, 3.8) is 0 Å². The van der Waals surface area contributed by atoms with Crippen LogP contribution in [0.5, 0.6) is 0 Å². The quantitative estimate of drug-likeness (QED) is 0.540. The van der Waals surface area contributed by atoms with E-state index >= 15 is 0 Å². The number of H-pyrrole nitrogens is 2. The molecule has 0 saturated heterocycles. The number of rotatable bonds is 3. The van der Waals surface area contributed by atoms with E-state index in [2.05, 4.69) is 15.2 Å². The van der Waals surface area contributed by atoms with E-state index in [1.165, 1.54) is 7.11 Å². The van der Waals surface area contributed by atoms with Gasteiger partial charge < -0.3 is 10.5 Å². The van der Waals surface area contributed by atoms with Gasteiger partial charge in [0.1, 0.15) is 0 Å². The molecule has 0 aromatic carbocycles. The molecular weight excluding hydrogens is 160 g/mol. The third kappa shape index (κ3) is 1.72. The molecule has 6 nitrogen and oxygen atoms in total. The molecule has 0 fully saturated rings. The Kier molecular flexibility index (Phi) is 2.30. The molecule has 0 spiro atoms. The monoisotopic (exact) mass is 172 g/mol. The summed E-state index contributed by atoms with van der Waals surface area (Å²) >= 11 is 0. The lowest BCUT2D eigenvalue weighted by molar-refractivity contribution is 0.136. The topological polar surface area (TPSA) is 96.8 Å². The molecule has 0 saturated carbocycles. The van der Waals surface area contributed by atoms with E-state index in [-0.39, 0.29) is 5.69 Å². The van der Waals surface area contributed by atoms with Crippen molar-refractivity contribution in [1.82, 2.24) is 15.2 Å². The van der Waals surface area contributed by atoms with Crippen molar-refractivity contribution in [2.24, 2.45) is 5.73 Å². The molecule has 12 heavy (non-hydrogen) atoms. The Hall–Kier alpha value is -1.14. The summed E-state index contributed by atoms with van der Waals surface area (Å²) < 4.78 is 4.87. The number of nitrogens with zero attached hydrogens (tertiary/aromatic N) is 1. The van der Waals surface area contributed by atoms with Gasteiger partial charge in [-0.2, -0.15) is 5.10 Å². The molecule has 0 radical (unpaired) electrons. The molecule has 1 atom stereocenters. The first-order valence-electron chi connectivity index (χ1n) is 3.49. The summed E-state index contributed by atoms with van der Waals surface area (Å²) in [5.74, 6) is 0.398. The van der Waals surface area contributed by atoms with Gasteiger partial charge in [-0.25, -0.2) is 9.89 Å². The van der Waals surface area contributed by atoms with Gasteiger partial charge in [0.15, 0.2) is 5.82 Å². The molecular formula is C6H12N4O2. The lowest BCUT2D eigenvalue weighted by atomic mass is 10.1. The van der Waals surface area contributed by atoms with Gasteiger partial charge in [-0.05, 0) is 6.92 Å². The predicted octanol–water partition coefficient (Wildman–Crippen LogP) is -1.08. The molecule has 1 aromatic heterocycles. The second-order valence-electron chi connectivity index (χ2n) is 2.88. The van der Waals surface area contributed by atoms with E-state index in [0.717, 1.165) is 0 Å². The number of nitrogens with two attached hydrogens (primary N) is 1. The van der Waals surface area contributed by atoms with Crippen molar-refractivity contribution < 1.29 is 4.74 Å². The highest BCUT2D eigenvalue weighted by Gasteiger charge is 2.24. The third-order valence-electron chi connectivity index (χ3n) is 1.49. The van der Waals surface area contributed by atoms with E-state index in [4.69, 9.17) is 10.5 Å². The highest BCUT2D eigenvalue weighted by molar-refractivity contribution is 4.99. The fraction of sp³-hybridized carbons (Fsp3) is 0.667. The Morgan fingerprint density at radius 2 is 2.42 bits per heavy atom. The van der Waals surface area contributed by atoms with E-state index < -0.39 is 5.54 Å². The zero-order valence-electron chi connectivity index (χ0n) is 7.05. The highest BCUT2D eigenvalue weighted by Crippen LogP contribution is 2.10. The van der Waals surface area contributed by atoms with Crippen molar-refractivity contribution in [2.75, 3.05) is 13.7 Å². The van der Waals surface area contributed by atoms with Crippen LogP contribution < -0.4 is 11.4 Å². The largest absolute Gasteiger partial charge is 0.382 e. The Labute approximate surface area is 69.1 Å². The molecule has 0 aliphatic rings. The SMILES string of the molecule is COCC(C)(N)c1n[nH]c(=O)[nH]1. The average Bonchev–Trinajstić information content (AvgIpc) is 2.36. The molecule has 68 valence electrons. The van der Waals surface area contributed by atoms with Gasteiger partial charge in [0.05, 0.1) is 12.1 Å².